The second kappa shape index (κ2) is 9.11. The Bertz CT molecular complexity index is 953. The van der Waals surface area contributed by atoms with Crippen molar-refractivity contribution in [2.75, 3.05) is 24.6 Å². The zero-order valence-electron chi connectivity index (χ0n) is 16.3. The Morgan fingerprint density at radius 2 is 1.94 bits per heavy atom. The van der Waals surface area contributed by atoms with Gasteiger partial charge in [0.1, 0.15) is 22.7 Å². The van der Waals surface area contributed by atoms with E-state index >= 15 is 0 Å². The molecular weight excluding hydrogens is 419 g/mol. The molecule has 166 valence electrons. The van der Waals surface area contributed by atoms with Crippen molar-refractivity contribution in [2.24, 2.45) is 11.7 Å². The fraction of sp³-hybridized carbons (Fsp3) is 0.350. The number of nitrogens with zero attached hydrogens (tertiary/aromatic N) is 2. The number of hydrogen-bond acceptors (Lipinski definition) is 6. The molecule has 2 N–H and O–H groups in total. The summed E-state index contributed by atoms with van der Waals surface area (Å²) in [5.74, 6) is -0.686. The van der Waals surface area contributed by atoms with Crippen LogP contribution >= 0.6 is 0 Å². The van der Waals surface area contributed by atoms with Gasteiger partial charge in [0, 0.05) is 25.1 Å². The minimum Gasteiger partial charge on any atom is -0.457 e. The minimum atomic E-state index is -4.91. The molecule has 1 heterocycles. The van der Waals surface area contributed by atoms with Gasteiger partial charge >= 0.3 is 12.3 Å². The molecule has 3 rings (SSSR count). The van der Waals surface area contributed by atoms with Crippen molar-refractivity contribution >= 4 is 17.5 Å². The number of halogens is 3. The molecule has 1 fully saturated rings. The molecule has 1 atom stereocenters. The normalized spacial score (nSPS) is 16.6. The van der Waals surface area contributed by atoms with Crippen molar-refractivity contribution in [3.63, 3.8) is 0 Å². The van der Waals surface area contributed by atoms with Gasteiger partial charge in [-0.1, -0.05) is 18.2 Å². The maximum atomic E-state index is 14.1. The highest BCUT2D eigenvalue weighted by atomic mass is 19.4. The van der Waals surface area contributed by atoms with Gasteiger partial charge in [-0.3, -0.25) is 10.1 Å². The Labute approximate surface area is 175 Å². The van der Waals surface area contributed by atoms with Crippen LogP contribution in [0.25, 0.3) is 0 Å². The van der Waals surface area contributed by atoms with Crippen LogP contribution in [0.5, 0.6) is 11.5 Å². The maximum Gasteiger partial charge on any atom is 0.422 e. The van der Waals surface area contributed by atoms with E-state index in [1.165, 1.54) is 17.0 Å². The van der Waals surface area contributed by atoms with Crippen molar-refractivity contribution in [1.82, 2.24) is 0 Å². The summed E-state index contributed by atoms with van der Waals surface area (Å²) in [4.78, 5) is 22.9. The molecule has 8 nitrogen and oxygen atoms in total. The number of ether oxygens (including phenoxy) is 2. The Kier molecular flexibility index (Phi) is 6.52. The standard InChI is InChI=1S/C20H20F3N3O5/c21-20(22,23)17-16(31-14-6-2-1-3-7-14)9-8-15(26(28)29)18(17)25-10-4-5-13(11-25)12-30-19(24)27/h1-3,6-9,13H,4-5,10-12H2,(H2,24,27)/t13-/m0/s1. The quantitative estimate of drug-likeness (QED) is 0.516. The molecule has 0 aliphatic carbocycles. The topological polar surface area (TPSA) is 108 Å². The van der Waals surface area contributed by atoms with Crippen LogP contribution in [0.3, 0.4) is 0 Å². The van der Waals surface area contributed by atoms with Crippen LogP contribution in [0.4, 0.5) is 29.3 Å². The molecule has 0 saturated carbocycles. The van der Waals surface area contributed by atoms with Crippen molar-refractivity contribution in [3.8, 4) is 11.5 Å². The summed E-state index contributed by atoms with van der Waals surface area (Å²) >= 11 is 0. The summed E-state index contributed by atoms with van der Waals surface area (Å²) in [5.41, 5.74) is 2.51. The summed E-state index contributed by atoms with van der Waals surface area (Å²) < 4.78 is 52.7. The van der Waals surface area contributed by atoms with Gasteiger partial charge in [-0.05, 0) is 31.0 Å². The number of amides is 1. The molecule has 11 heteroatoms. The maximum absolute atomic E-state index is 14.1. The number of alkyl halides is 3. The van der Waals surface area contributed by atoms with E-state index in [1.807, 2.05) is 0 Å². The molecule has 2 aromatic rings. The Morgan fingerprint density at radius 3 is 2.55 bits per heavy atom. The lowest BCUT2D eigenvalue weighted by Crippen LogP contribution is -2.39. The fourth-order valence-electron chi connectivity index (χ4n) is 3.61. The van der Waals surface area contributed by atoms with E-state index in [4.69, 9.17) is 15.2 Å². The SMILES string of the molecule is NC(=O)OC[C@H]1CCCN(c2c([N+](=O)[O-])ccc(Oc3ccccc3)c2C(F)(F)F)C1. The monoisotopic (exact) mass is 439 g/mol. The number of rotatable bonds is 6. The molecule has 0 bridgehead atoms. The lowest BCUT2D eigenvalue weighted by atomic mass is 9.96. The van der Waals surface area contributed by atoms with Crippen molar-refractivity contribution < 1.29 is 32.4 Å². The van der Waals surface area contributed by atoms with Crippen LogP contribution in [0.1, 0.15) is 18.4 Å². The molecular formula is C20H20F3N3O5. The lowest BCUT2D eigenvalue weighted by Gasteiger charge is -2.35. The first-order chi connectivity index (χ1) is 14.7. The molecule has 0 spiro atoms. The average molecular weight is 439 g/mol. The first-order valence-electron chi connectivity index (χ1n) is 9.45. The number of hydrogen-bond donors (Lipinski definition) is 1. The van der Waals surface area contributed by atoms with Crippen molar-refractivity contribution in [3.05, 3.63) is 58.1 Å². The highest BCUT2D eigenvalue weighted by Crippen LogP contribution is 2.49. The smallest absolute Gasteiger partial charge is 0.422 e. The second-order valence-electron chi connectivity index (χ2n) is 7.06. The third-order valence-corrected chi connectivity index (χ3v) is 4.87. The lowest BCUT2D eigenvalue weighted by molar-refractivity contribution is -0.384. The summed E-state index contributed by atoms with van der Waals surface area (Å²) in [5, 5.41) is 11.6. The first-order valence-corrected chi connectivity index (χ1v) is 9.45. The van der Waals surface area contributed by atoms with Crippen LogP contribution in [-0.2, 0) is 10.9 Å². The van der Waals surface area contributed by atoms with Crippen LogP contribution in [0, 0.1) is 16.0 Å². The molecule has 1 saturated heterocycles. The number of nitro groups is 1. The third kappa shape index (κ3) is 5.36. The number of nitro benzene ring substituents is 1. The Hall–Kier alpha value is -3.50. The summed E-state index contributed by atoms with van der Waals surface area (Å²) in [6.45, 7) is 0.124. The molecule has 2 aromatic carbocycles. The number of anilines is 1. The van der Waals surface area contributed by atoms with Crippen LogP contribution in [-0.4, -0.2) is 30.7 Å². The molecule has 0 unspecified atom stereocenters. The zero-order valence-corrected chi connectivity index (χ0v) is 16.3. The highest BCUT2D eigenvalue weighted by Gasteiger charge is 2.43. The van der Waals surface area contributed by atoms with Gasteiger partial charge in [0.15, 0.2) is 0 Å². The first kappa shape index (κ1) is 22.2. The van der Waals surface area contributed by atoms with Crippen molar-refractivity contribution in [2.45, 2.75) is 19.0 Å². The van der Waals surface area contributed by atoms with Gasteiger partial charge in [0.2, 0.25) is 0 Å². The third-order valence-electron chi connectivity index (χ3n) is 4.87. The molecule has 1 aliphatic heterocycles. The Balaban J connectivity index is 2.06. The van der Waals surface area contributed by atoms with E-state index in [0.29, 0.717) is 12.8 Å². The molecule has 31 heavy (non-hydrogen) atoms. The highest BCUT2D eigenvalue weighted by molar-refractivity contribution is 5.73. The predicted molar refractivity (Wildman–Crippen MR) is 105 cm³/mol. The van der Waals surface area contributed by atoms with E-state index in [2.05, 4.69) is 0 Å². The van der Waals surface area contributed by atoms with E-state index in [9.17, 15) is 28.1 Å². The van der Waals surface area contributed by atoms with Gasteiger partial charge in [-0.2, -0.15) is 13.2 Å². The van der Waals surface area contributed by atoms with Crippen LogP contribution < -0.4 is 15.4 Å². The zero-order chi connectivity index (χ0) is 22.6. The predicted octanol–water partition coefficient (Wildman–Crippen LogP) is 4.72. The van der Waals surface area contributed by atoms with Crippen LogP contribution in [0.2, 0.25) is 0 Å². The second-order valence-corrected chi connectivity index (χ2v) is 7.06. The number of para-hydroxylation sites is 1. The number of piperidine rings is 1. The summed E-state index contributed by atoms with van der Waals surface area (Å²) in [6, 6.07) is 9.81. The molecule has 0 aromatic heterocycles. The summed E-state index contributed by atoms with van der Waals surface area (Å²) in [7, 11) is 0. The average Bonchev–Trinajstić information content (AvgIpc) is 2.72. The fourth-order valence-corrected chi connectivity index (χ4v) is 3.61. The number of carbonyl (C=O) groups is 1. The van der Waals surface area contributed by atoms with E-state index in [0.717, 1.165) is 12.1 Å². The molecule has 1 aliphatic rings. The van der Waals surface area contributed by atoms with Gasteiger partial charge in [0.25, 0.3) is 5.69 Å². The van der Waals surface area contributed by atoms with Crippen LogP contribution in [0.15, 0.2) is 42.5 Å². The van der Waals surface area contributed by atoms with Gasteiger partial charge in [-0.25, -0.2) is 4.79 Å². The van der Waals surface area contributed by atoms with E-state index in [-0.39, 0.29) is 31.4 Å². The van der Waals surface area contributed by atoms with E-state index in [1.54, 1.807) is 18.2 Å². The molecule has 1 amide bonds. The largest absolute Gasteiger partial charge is 0.457 e. The number of nitrogens with two attached hydrogens (primary N) is 1. The van der Waals surface area contributed by atoms with Crippen molar-refractivity contribution in [1.29, 1.82) is 0 Å². The minimum absolute atomic E-state index is 0.0337. The van der Waals surface area contributed by atoms with Gasteiger partial charge in [0.05, 0.1) is 11.5 Å². The van der Waals surface area contributed by atoms with Gasteiger partial charge < -0.3 is 20.1 Å². The number of benzene rings is 2. The molecule has 0 radical (unpaired) electrons. The Morgan fingerprint density at radius 1 is 1.23 bits per heavy atom. The number of primary amides is 1. The van der Waals surface area contributed by atoms with E-state index < -0.39 is 39.9 Å². The number of carbonyl (C=O) groups excluding carboxylic acids is 1. The van der Waals surface area contributed by atoms with Gasteiger partial charge in [-0.15, -0.1) is 0 Å². The summed E-state index contributed by atoms with van der Waals surface area (Å²) in [6.07, 6.45) is -4.86.